The SMILES string of the molecule is O=C(NC(CN1CCCC1=O)c1cccc(C(F)(F)F)c1)c1ccc(Cl)nc1. The van der Waals surface area contributed by atoms with Crippen LogP contribution in [-0.2, 0) is 11.0 Å². The molecular formula is C19H17ClF3N3O2. The standard InChI is InChI=1S/C19H17ClF3N3O2/c20-16-7-6-13(10-24-16)18(28)25-15(11-26-8-2-5-17(26)27)12-3-1-4-14(9-12)19(21,22)23/h1,3-4,6-7,9-10,15H,2,5,8,11H2,(H,25,28). The summed E-state index contributed by atoms with van der Waals surface area (Å²) in [5.41, 5.74) is -0.330. The first kappa shape index (κ1) is 20.1. The predicted octanol–water partition coefficient (Wildman–Crippen LogP) is 3.85. The van der Waals surface area contributed by atoms with Gasteiger partial charge in [-0.3, -0.25) is 9.59 Å². The molecule has 0 spiro atoms. The van der Waals surface area contributed by atoms with Crippen LogP contribution in [0.1, 0.15) is 40.4 Å². The molecule has 1 saturated heterocycles. The number of pyridine rings is 1. The second kappa shape index (κ2) is 8.18. The number of nitrogens with one attached hydrogen (secondary N) is 1. The first-order valence-corrected chi connectivity index (χ1v) is 8.99. The van der Waals surface area contributed by atoms with Gasteiger partial charge in [0.1, 0.15) is 5.15 Å². The fraction of sp³-hybridized carbons (Fsp3) is 0.316. The van der Waals surface area contributed by atoms with E-state index >= 15 is 0 Å². The van der Waals surface area contributed by atoms with Crippen LogP contribution in [0.5, 0.6) is 0 Å². The third kappa shape index (κ3) is 4.81. The van der Waals surface area contributed by atoms with Crippen LogP contribution >= 0.6 is 11.6 Å². The van der Waals surface area contributed by atoms with Gasteiger partial charge in [0.05, 0.1) is 17.2 Å². The van der Waals surface area contributed by atoms with Gasteiger partial charge in [0.2, 0.25) is 5.91 Å². The Balaban J connectivity index is 1.87. The number of carbonyl (C=O) groups is 2. The summed E-state index contributed by atoms with van der Waals surface area (Å²) in [7, 11) is 0. The summed E-state index contributed by atoms with van der Waals surface area (Å²) in [5.74, 6) is -0.599. The Morgan fingerprint density at radius 3 is 2.68 bits per heavy atom. The van der Waals surface area contributed by atoms with Gasteiger partial charge in [0.25, 0.3) is 5.91 Å². The molecular weight excluding hydrogens is 395 g/mol. The van der Waals surface area contributed by atoms with Crippen molar-refractivity contribution in [3.8, 4) is 0 Å². The van der Waals surface area contributed by atoms with Gasteiger partial charge in [-0.05, 0) is 36.2 Å². The molecule has 148 valence electrons. The van der Waals surface area contributed by atoms with E-state index in [4.69, 9.17) is 11.6 Å². The number of nitrogens with zero attached hydrogens (tertiary/aromatic N) is 2. The van der Waals surface area contributed by atoms with Gasteiger partial charge in [-0.25, -0.2) is 4.98 Å². The Morgan fingerprint density at radius 2 is 2.07 bits per heavy atom. The lowest BCUT2D eigenvalue weighted by molar-refractivity contribution is -0.137. The number of halogens is 4. The third-order valence-corrected chi connectivity index (χ3v) is 4.71. The number of aromatic nitrogens is 1. The van der Waals surface area contributed by atoms with E-state index in [1.54, 1.807) is 4.90 Å². The van der Waals surface area contributed by atoms with E-state index in [2.05, 4.69) is 10.3 Å². The first-order chi connectivity index (χ1) is 13.2. The van der Waals surface area contributed by atoms with Gasteiger partial charge >= 0.3 is 6.18 Å². The zero-order valence-corrected chi connectivity index (χ0v) is 15.4. The van der Waals surface area contributed by atoms with Crippen LogP contribution in [0.4, 0.5) is 13.2 Å². The molecule has 3 rings (SSSR count). The normalized spacial score (nSPS) is 15.6. The fourth-order valence-corrected chi connectivity index (χ4v) is 3.15. The van der Waals surface area contributed by atoms with E-state index in [9.17, 15) is 22.8 Å². The molecule has 1 aromatic carbocycles. The van der Waals surface area contributed by atoms with Gasteiger partial charge < -0.3 is 10.2 Å². The number of rotatable bonds is 5. The molecule has 1 aromatic heterocycles. The molecule has 0 bridgehead atoms. The predicted molar refractivity (Wildman–Crippen MR) is 96.7 cm³/mol. The van der Waals surface area contributed by atoms with E-state index in [1.807, 2.05) is 0 Å². The van der Waals surface area contributed by atoms with Crippen molar-refractivity contribution < 1.29 is 22.8 Å². The minimum Gasteiger partial charge on any atom is -0.343 e. The van der Waals surface area contributed by atoms with Crippen molar-refractivity contribution in [2.24, 2.45) is 0 Å². The molecule has 5 nitrogen and oxygen atoms in total. The Hall–Kier alpha value is -2.61. The second-order valence-corrected chi connectivity index (χ2v) is 6.85. The maximum absolute atomic E-state index is 13.1. The molecule has 1 fully saturated rings. The monoisotopic (exact) mass is 411 g/mol. The summed E-state index contributed by atoms with van der Waals surface area (Å²) in [4.78, 5) is 29.9. The van der Waals surface area contributed by atoms with E-state index in [0.29, 0.717) is 19.4 Å². The van der Waals surface area contributed by atoms with E-state index in [1.165, 1.54) is 30.5 Å². The summed E-state index contributed by atoms with van der Waals surface area (Å²) < 4.78 is 39.3. The molecule has 0 saturated carbocycles. The number of benzene rings is 1. The Labute approximate surface area is 164 Å². The lowest BCUT2D eigenvalue weighted by atomic mass is 10.0. The summed E-state index contributed by atoms with van der Waals surface area (Å²) >= 11 is 5.71. The van der Waals surface area contributed by atoms with Gasteiger partial charge in [0.15, 0.2) is 0 Å². The van der Waals surface area contributed by atoms with E-state index in [-0.39, 0.29) is 28.7 Å². The van der Waals surface area contributed by atoms with Crippen molar-refractivity contribution in [1.29, 1.82) is 0 Å². The van der Waals surface area contributed by atoms with E-state index < -0.39 is 23.7 Å². The molecule has 2 aromatic rings. The van der Waals surface area contributed by atoms with Crippen molar-refractivity contribution in [2.75, 3.05) is 13.1 Å². The topological polar surface area (TPSA) is 62.3 Å². The van der Waals surface area contributed by atoms with Crippen LogP contribution in [0.15, 0.2) is 42.6 Å². The summed E-state index contributed by atoms with van der Waals surface area (Å²) in [6.07, 6.45) is -2.15. The largest absolute Gasteiger partial charge is 0.416 e. The highest BCUT2D eigenvalue weighted by Gasteiger charge is 2.32. The maximum atomic E-state index is 13.1. The molecule has 28 heavy (non-hydrogen) atoms. The zero-order chi connectivity index (χ0) is 20.3. The molecule has 2 amide bonds. The number of alkyl halides is 3. The molecule has 2 heterocycles. The van der Waals surface area contributed by atoms with Crippen LogP contribution < -0.4 is 5.32 Å². The van der Waals surface area contributed by atoms with Crippen molar-refractivity contribution >= 4 is 23.4 Å². The summed E-state index contributed by atoms with van der Waals surface area (Å²) in [6.45, 7) is 0.597. The molecule has 1 atom stereocenters. The molecule has 1 unspecified atom stereocenters. The van der Waals surface area contributed by atoms with Crippen molar-refractivity contribution in [1.82, 2.24) is 15.2 Å². The highest BCUT2D eigenvalue weighted by Crippen LogP contribution is 2.31. The molecule has 1 aliphatic heterocycles. The van der Waals surface area contributed by atoms with Crippen LogP contribution in [-0.4, -0.2) is 34.8 Å². The lowest BCUT2D eigenvalue weighted by Gasteiger charge is -2.26. The lowest BCUT2D eigenvalue weighted by Crippen LogP contribution is -2.38. The number of hydrogen-bond donors (Lipinski definition) is 1. The highest BCUT2D eigenvalue weighted by atomic mass is 35.5. The third-order valence-electron chi connectivity index (χ3n) is 4.49. The summed E-state index contributed by atoms with van der Waals surface area (Å²) in [5, 5.41) is 2.93. The molecule has 1 N–H and O–H groups in total. The Morgan fingerprint density at radius 1 is 1.29 bits per heavy atom. The van der Waals surface area contributed by atoms with E-state index in [0.717, 1.165) is 12.1 Å². The summed E-state index contributed by atoms with van der Waals surface area (Å²) in [6, 6.07) is 6.85. The van der Waals surface area contributed by atoms with Crippen LogP contribution in [0.3, 0.4) is 0 Å². The molecule has 0 radical (unpaired) electrons. The van der Waals surface area contributed by atoms with Gasteiger partial charge in [-0.15, -0.1) is 0 Å². The number of hydrogen-bond acceptors (Lipinski definition) is 3. The van der Waals surface area contributed by atoms with Crippen LogP contribution in [0.2, 0.25) is 5.15 Å². The van der Waals surface area contributed by atoms with Crippen molar-refractivity contribution in [3.63, 3.8) is 0 Å². The van der Waals surface area contributed by atoms with Crippen molar-refractivity contribution in [3.05, 3.63) is 64.4 Å². The fourth-order valence-electron chi connectivity index (χ4n) is 3.04. The first-order valence-electron chi connectivity index (χ1n) is 8.61. The smallest absolute Gasteiger partial charge is 0.343 e. The minimum absolute atomic E-state index is 0.0839. The molecule has 1 aliphatic rings. The Bertz CT molecular complexity index is 871. The molecule has 9 heteroatoms. The minimum atomic E-state index is -4.51. The van der Waals surface area contributed by atoms with Gasteiger partial charge in [-0.1, -0.05) is 23.7 Å². The van der Waals surface area contributed by atoms with Crippen molar-refractivity contribution in [2.45, 2.75) is 25.1 Å². The van der Waals surface area contributed by atoms with Gasteiger partial charge in [0, 0.05) is 25.7 Å². The van der Waals surface area contributed by atoms with Gasteiger partial charge in [-0.2, -0.15) is 13.2 Å². The Kier molecular flexibility index (Phi) is 5.88. The van der Waals surface area contributed by atoms with Crippen LogP contribution in [0, 0.1) is 0 Å². The van der Waals surface area contributed by atoms with Crippen LogP contribution in [0.25, 0.3) is 0 Å². The molecule has 0 aliphatic carbocycles. The average Bonchev–Trinajstić information content (AvgIpc) is 3.06. The second-order valence-electron chi connectivity index (χ2n) is 6.46. The maximum Gasteiger partial charge on any atom is 0.416 e. The zero-order valence-electron chi connectivity index (χ0n) is 14.7. The quantitative estimate of drug-likeness (QED) is 0.760. The highest BCUT2D eigenvalue weighted by molar-refractivity contribution is 6.29. The number of likely N-dealkylation sites (tertiary alicyclic amines) is 1. The average molecular weight is 412 g/mol. The number of amides is 2. The number of carbonyl (C=O) groups excluding carboxylic acids is 2.